The van der Waals surface area contributed by atoms with Gasteiger partial charge in [0, 0.05) is 17.7 Å². The zero-order chi connectivity index (χ0) is 11.4. The third kappa shape index (κ3) is 3.18. The topological polar surface area (TPSA) is 37.8 Å². The van der Waals surface area contributed by atoms with E-state index in [4.69, 9.17) is 0 Å². The first-order chi connectivity index (χ1) is 7.81. The molecule has 0 amide bonds. The van der Waals surface area contributed by atoms with E-state index in [0.29, 0.717) is 0 Å². The summed E-state index contributed by atoms with van der Waals surface area (Å²) in [6.07, 6.45) is 4.84. The minimum absolute atomic E-state index is 0.723. The van der Waals surface area contributed by atoms with Crippen molar-refractivity contribution in [1.29, 1.82) is 0 Å². The Morgan fingerprint density at radius 1 is 1.44 bits per heavy atom. The van der Waals surface area contributed by atoms with Crippen LogP contribution >= 0.6 is 23.3 Å². The molecule has 1 aliphatic carbocycles. The second-order valence-corrected chi connectivity index (χ2v) is 6.44. The zero-order valence-corrected chi connectivity index (χ0v) is 11.5. The number of aryl methyl sites for hydroxylation is 1. The molecular weight excluding hydrogens is 238 g/mol. The Morgan fingerprint density at radius 2 is 2.31 bits per heavy atom. The summed E-state index contributed by atoms with van der Waals surface area (Å²) >= 11 is 3.48. The number of aromatic nitrogens is 2. The summed E-state index contributed by atoms with van der Waals surface area (Å²) in [7, 11) is 0. The Bertz CT molecular complexity index is 327. The van der Waals surface area contributed by atoms with E-state index in [1.54, 1.807) is 11.5 Å². The van der Waals surface area contributed by atoms with Crippen LogP contribution in [-0.4, -0.2) is 27.2 Å². The van der Waals surface area contributed by atoms with E-state index in [0.717, 1.165) is 34.4 Å². The van der Waals surface area contributed by atoms with Crippen LogP contribution in [0.2, 0.25) is 0 Å². The average molecular weight is 257 g/mol. The van der Waals surface area contributed by atoms with Gasteiger partial charge in [-0.2, -0.15) is 4.37 Å². The lowest BCUT2D eigenvalue weighted by Gasteiger charge is -2.10. The molecule has 1 aromatic rings. The van der Waals surface area contributed by atoms with Gasteiger partial charge >= 0.3 is 0 Å². The molecule has 1 saturated carbocycles. The third-order valence-corrected chi connectivity index (χ3v) is 5.03. The van der Waals surface area contributed by atoms with Crippen LogP contribution in [0.3, 0.4) is 0 Å². The predicted molar refractivity (Wildman–Crippen MR) is 70.2 cm³/mol. The number of rotatable bonds is 5. The molecule has 1 N–H and O–H groups in total. The van der Waals surface area contributed by atoms with E-state index in [1.165, 1.54) is 19.3 Å². The minimum Gasteiger partial charge on any atom is -0.314 e. The van der Waals surface area contributed by atoms with Gasteiger partial charge in [0.2, 0.25) is 0 Å². The van der Waals surface area contributed by atoms with Crippen molar-refractivity contribution in [2.45, 2.75) is 55.2 Å². The van der Waals surface area contributed by atoms with Gasteiger partial charge in [-0.1, -0.05) is 25.6 Å². The van der Waals surface area contributed by atoms with Crippen LogP contribution in [0, 0.1) is 0 Å². The first-order valence-electron chi connectivity index (χ1n) is 6.04. The summed E-state index contributed by atoms with van der Waals surface area (Å²) in [5, 5.41) is 4.27. The monoisotopic (exact) mass is 257 g/mol. The molecule has 1 fully saturated rings. The Morgan fingerprint density at radius 3 is 3.00 bits per heavy atom. The molecule has 3 nitrogen and oxygen atoms in total. The van der Waals surface area contributed by atoms with Gasteiger partial charge in [0.1, 0.15) is 5.82 Å². The van der Waals surface area contributed by atoms with Gasteiger partial charge in [-0.05, 0) is 37.3 Å². The maximum Gasteiger partial charge on any atom is 0.170 e. The Labute approximate surface area is 106 Å². The second kappa shape index (κ2) is 5.98. The highest BCUT2D eigenvalue weighted by molar-refractivity contribution is 8.01. The van der Waals surface area contributed by atoms with Crippen LogP contribution in [0.4, 0.5) is 0 Å². The Hall–Kier alpha value is -0.130. The van der Waals surface area contributed by atoms with Gasteiger partial charge in [-0.25, -0.2) is 4.98 Å². The normalized spacial score (nSPS) is 25.1. The highest BCUT2D eigenvalue weighted by Crippen LogP contribution is 2.35. The quantitative estimate of drug-likeness (QED) is 0.880. The van der Waals surface area contributed by atoms with Gasteiger partial charge in [-0.3, -0.25) is 0 Å². The molecule has 1 aliphatic rings. The number of hydrogen-bond acceptors (Lipinski definition) is 5. The molecule has 2 rings (SSSR count). The van der Waals surface area contributed by atoms with Crippen LogP contribution in [0.25, 0.3) is 0 Å². The maximum atomic E-state index is 4.51. The number of thioether (sulfide) groups is 1. The van der Waals surface area contributed by atoms with Crippen LogP contribution in [-0.2, 0) is 6.42 Å². The maximum absolute atomic E-state index is 4.51. The molecule has 5 heteroatoms. The molecule has 0 saturated heterocycles. The molecule has 0 aliphatic heterocycles. The molecule has 0 bridgehead atoms. The largest absolute Gasteiger partial charge is 0.314 e. The molecule has 0 aromatic carbocycles. The van der Waals surface area contributed by atoms with Crippen molar-refractivity contribution in [1.82, 2.24) is 14.7 Å². The molecule has 1 heterocycles. The van der Waals surface area contributed by atoms with Crippen LogP contribution in [0.15, 0.2) is 4.34 Å². The number of nitrogens with zero attached hydrogens (tertiary/aromatic N) is 2. The lowest BCUT2D eigenvalue weighted by molar-refractivity contribution is 0.543. The highest BCUT2D eigenvalue weighted by Gasteiger charge is 2.25. The fourth-order valence-electron chi connectivity index (χ4n) is 2.09. The summed E-state index contributed by atoms with van der Waals surface area (Å²) in [5.41, 5.74) is 0. The molecule has 2 unspecified atom stereocenters. The first kappa shape index (κ1) is 12.3. The molecule has 2 atom stereocenters. The fourth-order valence-corrected chi connectivity index (χ4v) is 4.31. The van der Waals surface area contributed by atoms with Crippen molar-refractivity contribution < 1.29 is 0 Å². The van der Waals surface area contributed by atoms with E-state index in [9.17, 15) is 0 Å². The van der Waals surface area contributed by atoms with E-state index in [1.807, 2.05) is 11.8 Å². The first-order valence-corrected chi connectivity index (χ1v) is 7.69. The molecular formula is C11H19N3S2. The van der Waals surface area contributed by atoms with Gasteiger partial charge in [-0.15, -0.1) is 0 Å². The fraction of sp³-hybridized carbons (Fsp3) is 0.818. The van der Waals surface area contributed by atoms with Crippen LogP contribution < -0.4 is 5.32 Å². The summed E-state index contributed by atoms with van der Waals surface area (Å²) in [6.45, 7) is 5.37. The average Bonchev–Trinajstić information content (AvgIpc) is 2.89. The van der Waals surface area contributed by atoms with Crippen molar-refractivity contribution >= 4 is 23.3 Å². The summed E-state index contributed by atoms with van der Waals surface area (Å²) in [5.74, 6) is 0.994. The van der Waals surface area contributed by atoms with E-state index < -0.39 is 0 Å². The molecule has 16 heavy (non-hydrogen) atoms. The Balaban J connectivity index is 1.82. The predicted octanol–water partition coefficient (Wildman–Crippen LogP) is 2.72. The summed E-state index contributed by atoms with van der Waals surface area (Å²) in [6, 6.07) is 0.723. The molecule has 0 spiro atoms. The Kier molecular flexibility index (Phi) is 4.61. The molecule has 1 aromatic heterocycles. The van der Waals surface area contributed by atoms with Crippen molar-refractivity contribution in [3.05, 3.63) is 5.82 Å². The summed E-state index contributed by atoms with van der Waals surface area (Å²) < 4.78 is 5.48. The van der Waals surface area contributed by atoms with E-state index >= 15 is 0 Å². The van der Waals surface area contributed by atoms with Gasteiger partial charge in [0.15, 0.2) is 4.34 Å². The van der Waals surface area contributed by atoms with Gasteiger partial charge < -0.3 is 5.32 Å². The second-order valence-electron chi connectivity index (χ2n) is 4.14. The number of hydrogen-bond donors (Lipinski definition) is 1. The van der Waals surface area contributed by atoms with Crippen molar-refractivity contribution in [3.8, 4) is 0 Å². The minimum atomic E-state index is 0.723. The van der Waals surface area contributed by atoms with Crippen LogP contribution in [0.5, 0.6) is 0 Å². The smallest absolute Gasteiger partial charge is 0.170 e. The standard InChI is InChI=1S/C11H19N3S2/c1-3-10-13-11(16-14-10)15-9-6-5-8(7-9)12-4-2/h8-9,12H,3-7H2,1-2H3. The third-order valence-electron chi connectivity index (χ3n) is 2.91. The highest BCUT2D eigenvalue weighted by atomic mass is 32.2. The van der Waals surface area contributed by atoms with Crippen LogP contribution in [0.1, 0.15) is 38.9 Å². The van der Waals surface area contributed by atoms with Crippen molar-refractivity contribution in [2.24, 2.45) is 0 Å². The lowest BCUT2D eigenvalue weighted by atomic mass is 10.2. The SMILES string of the molecule is CCNC1CCC(Sc2nc(CC)ns2)C1. The van der Waals surface area contributed by atoms with Gasteiger partial charge in [0.25, 0.3) is 0 Å². The number of nitrogens with one attached hydrogen (secondary N) is 1. The zero-order valence-electron chi connectivity index (χ0n) is 9.90. The van der Waals surface area contributed by atoms with E-state index in [2.05, 4.69) is 28.5 Å². The lowest BCUT2D eigenvalue weighted by Crippen LogP contribution is -2.26. The molecule has 0 radical (unpaired) electrons. The summed E-state index contributed by atoms with van der Waals surface area (Å²) in [4.78, 5) is 4.51. The van der Waals surface area contributed by atoms with Gasteiger partial charge in [0.05, 0.1) is 0 Å². The molecule has 90 valence electrons. The van der Waals surface area contributed by atoms with Crippen molar-refractivity contribution in [2.75, 3.05) is 6.54 Å². The van der Waals surface area contributed by atoms with Crippen molar-refractivity contribution in [3.63, 3.8) is 0 Å². The van der Waals surface area contributed by atoms with E-state index in [-0.39, 0.29) is 0 Å².